The van der Waals surface area contributed by atoms with Crippen molar-refractivity contribution in [1.82, 2.24) is 0 Å². The zero-order valence-electron chi connectivity index (χ0n) is 9.34. The van der Waals surface area contributed by atoms with E-state index >= 15 is 0 Å². The summed E-state index contributed by atoms with van der Waals surface area (Å²) in [5.41, 5.74) is 2.40. The van der Waals surface area contributed by atoms with Crippen LogP contribution in [0.4, 0.5) is 0 Å². The zero-order chi connectivity index (χ0) is 13.1. The van der Waals surface area contributed by atoms with Gasteiger partial charge in [0, 0.05) is 9.30 Å². The Hall–Kier alpha value is -0.0200. The van der Waals surface area contributed by atoms with Gasteiger partial charge in [0.25, 0.3) is 0 Å². The molecule has 0 saturated carbocycles. The van der Waals surface area contributed by atoms with E-state index in [9.17, 15) is 0 Å². The van der Waals surface area contributed by atoms with Crippen LogP contribution in [0.5, 0.6) is 0 Å². The van der Waals surface area contributed by atoms with Crippen LogP contribution in [0.3, 0.4) is 0 Å². The van der Waals surface area contributed by atoms with Gasteiger partial charge in [-0.2, -0.15) is 0 Å². The Balaban J connectivity index is 2.13. The maximum absolute atomic E-state index is 6.02. The summed E-state index contributed by atoms with van der Waals surface area (Å²) in [7, 11) is 0. The Bertz CT molecular complexity index is 538. The summed E-state index contributed by atoms with van der Waals surface area (Å²) in [5, 5.41) is 1.18. The summed E-state index contributed by atoms with van der Waals surface area (Å²) < 4.78 is 1.09. The number of benzene rings is 2. The topological polar surface area (TPSA) is 0 Å². The monoisotopic (exact) mass is 406 g/mol. The Morgan fingerprint density at radius 2 is 1.61 bits per heavy atom. The van der Waals surface area contributed by atoms with Gasteiger partial charge in [-0.15, -0.1) is 0 Å². The van der Waals surface area contributed by atoms with E-state index in [4.69, 9.17) is 23.2 Å². The SMILES string of the molecule is Clc1ccc(C(Br)Cc2ccc(Br)cc2)cc1Cl. The molecule has 0 bridgehead atoms. The van der Waals surface area contributed by atoms with Gasteiger partial charge in [-0.3, -0.25) is 0 Å². The molecule has 0 amide bonds. The van der Waals surface area contributed by atoms with E-state index in [0.29, 0.717) is 10.0 Å². The van der Waals surface area contributed by atoms with Crippen LogP contribution in [-0.4, -0.2) is 0 Å². The summed E-state index contributed by atoms with van der Waals surface area (Å²) in [4.78, 5) is 0.230. The molecule has 1 atom stereocenters. The molecule has 0 aromatic heterocycles. The van der Waals surface area contributed by atoms with E-state index < -0.39 is 0 Å². The smallest absolute Gasteiger partial charge is 0.0595 e. The predicted molar refractivity (Wildman–Crippen MR) is 86.0 cm³/mol. The largest absolute Gasteiger partial charge is 0.0835 e. The molecule has 0 fully saturated rings. The van der Waals surface area contributed by atoms with E-state index in [2.05, 4.69) is 44.0 Å². The minimum Gasteiger partial charge on any atom is -0.0835 e. The van der Waals surface area contributed by atoms with Crippen LogP contribution in [-0.2, 0) is 6.42 Å². The van der Waals surface area contributed by atoms with Crippen LogP contribution in [0.25, 0.3) is 0 Å². The predicted octanol–water partition coefficient (Wildman–Crippen LogP) is 6.43. The summed E-state index contributed by atoms with van der Waals surface area (Å²) in [6.45, 7) is 0. The van der Waals surface area contributed by atoms with Gasteiger partial charge in [-0.1, -0.05) is 73.3 Å². The molecule has 0 nitrogen and oxygen atoms in total. The third-order valence-corrected chi connectivity index (χ3v) is 4.75. The molecule has 2 rings (SSSR count). The first kappa shape index (κ1) is 14.4. The van der Waals surface area contributed by atoms with Crippen LogP contribution in [0.1, 0.15) is 16.0 Å². The molecule has 0 aliphatic rings. The number of hydrogen-bond donors (Lipinski definition) is 0. The zero-order valence-corrected chi connectivity index (χ0v) is 14.0. The Morgan fingerprint density at radius 3 is 2.22 bits per heavy atom. The summed E-state index contributed by atoms with van der Waals surface area (Å²) >= 11 is 19.0. The molecule has 0 spiro atoms. The van der Waals surface area contributed by atoms with Crippen molar-refractivity contribution in [2.24, 2.45) is 0 Å². The summed E-state index contributed by atoms with van der Waals surface area (Å²) in [6.07, 6.45) is 0.908. The quantitative estimate of drug-likeness (QED) is 0.513. The van der Waals surface area contributed by atoms with Gasteiger partial charge in [0.05, 0.1) is 10.0 Å². The highest BCUT2D eigenvalue weighted by atomic mass is 79.9. The maximum Gasteiger partial charge on any atom is 0.0595 e. The molecule has 0 aliphatic carbocycles. The normalized spacial score (nSPS) is 12.4. The van der Waals surface area contributed by atoms with E-state index in [0.717, 1.165) is 16.5 Å². The maximum atomic E-state index is 6.02. The molecule has 0 saturated heterocycles. The lowest BCUT2D eigenvalue weighted by Crippen LogP contribution is -1.95. The molecule has 1 unspecified atom stereocenters. The van der Waals surface area contributed by atoms with E-state index in [1.807, 2.05) is 30.3 Å². The highest BCUT2D eigenvalue weighted by Crippen LogP contribution is 2.32. The van der Waals surface area contributed by atoms with Gasteiger partial charge in [0.15, 0.2) is 0 Å². The second-order valence-electron chi connectivity index (χ2n) is 3.97. The van der Waals surface area contributed by atoms with E-state index in [1.165, 1.54) is 5.56 Å². The van der Waals surface area contributed by atoms with Crippen LogP contribution >= 0.6 is 55.1 Å². The lowest BCUT2D eigenvalue weighted by Gasteiger charge is -2.11. The molecular formula is C14H10Br2Cl2. The minimum absolute atomic E-state index is 0.230. The third-order valence-electron chi connectivity index (χ3n) is 2.63. The number of halogens is 4. The van der Waals surface area contributed by atoms with Crippen molar-refractivity contribution in [3.63, 3.8) is 0 Å². The van der Waals surface area contributed by atoms with Crippen molar-refractivity contribution >= 4 is 55.1 Å². The first-order chi connectivity index (χ1) is 8.56. The van der Waals surface area contributed by atoms with Crippen LogP contribution in [0.2, 0.25) is 10.0 Å². The van der Waals surface area contributed by atoms with Crippen molar-refractivity contribution < 1.29 is 0 Å². The minimum atomic E-state index is 0.230. The highest BCUT2D eigenvalue weighted by Gasteiger charge is 2.10. The van der Waals surface area contributed by atoms with Gasteiger partial charge in [-0.05, 0) is 41.8 Å². The average molecular weight is 409 g/mol. The lowest BCUT2D eigenvalue weighted by molar-refractivity contribution is 0.949. The fraction of sp³-hybridized carbons (Fsp3) is 0.143. The second-order valence-corrected chi connectivity index (χ2v) is 6.81. The molecule has 0 N–H and O–H groups in total. The van der Waals surface area contributed by atoms with Crippen molar-refractivity contribution in [2.45, 2.75) is 11.2 Å². The van der Waals surface area contributed by atoms with Gasteiger partial charge in [0.2, 0.25) is 0 Å². The average Bonchev–Trinajstić information content (AvgIpc) is 2.35. The van der Waals surface area contributed by atoms with Gasteiger partial charge in [-0.25, -0.2) is 0 Å². The molecule has 18 heavy (non-hydrogen) atoms. The fourth-order valence-electron chi connectivity index (χ4n) is 1.65. The standard InChI is InChI=1S/C14H10Br2Cl2/c15-11-4-1-9(2-5-11)7-12(16)10-3-6-13(17)14(18)8-10/h1-6,8,12H,7H2. The summed E-state index contributed by atoms with van der Waals surface area (Å²) in [5.74, 6) is 0. The second kappa shape index (κ2) is 6.42. The molecule has 4 heteroatoms. The Kier molecular flexibility index (Phi) is 5.14. The molecule has 2 aromatic rings. The van der Waals surface area contributed by atoms with Crippen molar-refractivity contribution in [2.75, 3.05) is 0 Å². The van der Waals surface area contributed by atoms with Gasteiger partial charge >= 0.3 is 0 Å². The molecule has 2 aromatic carbocycles. The molecule has 0 radical (unpaired) electrons. The molecule has 94 valence electrons. The van der Waals surface area contributed by atoms with E-state index in [-0.39, 0.29) is 4.83 Å². The molecule has 0 heterocycles. The van der Waals surface area contributed by atoms with Crippen LogP contribution in [0.15, 0.2) is 46.9 Å². The Morgan fingerprint density at radius 1 is 0.944 bits per heavy atom. The van der Waals surface area contributed by atoms with Gasteiger partial charge < -0.3 is 0 Å². The molecular weight excluding hydrogens is 399 g/mol. The van der Waals surface area contributed by atoms with Crippen LogP contribution in [0, 0.1) is 0 Å². The van der Waals surface area contributed by atoms with Crippen molar-refractivity contribution in [3.8, 4) is 0 Å². The number of rotatable bonds is 3. The number of alkyl halides is 1. The van der Waals surface area contributed by atoms with Crippen LogP contribution < -0.4 is 0 Å². The summed E-state index contributed by atoms with van der Waals surface area (Å²) in [6, 6.07) is 14.0. The highest BCUT2D eigenvalue weighted by molar-refractivity contribution is 9.10. The molecule has 0 aliphatic heterocycles. The Labute approximate surface area is 134 Å². The third kappa shape index (κ3) is 3.74. The van der Waals surface area contributed by atoms with Gasteiger partial charge in [0.1, 0.15) is 0 Å². The fourth-order valence-corrected chi connectivity index (χ4v) is 2.88. The van der Waals surface area contributed by atoms with Crippen molar-refractivity contribution in [1.29, 1.82) is 0 Å². The first-order valence-corrected chi connectivity index (χ1v) is 7.86. The van der Waals surface area contributed by atoms with Crippen molar-refractivity contribution in [3.05, 3.63) is 68.1 Å². The number of hydrogen-bond acceptors (Lipinski definition) is 0. The first-order valence-electron chi connectivity index (χ1n) is 5.40. The lowest BCUT2D eigenvalue weighted by atomic mass is 10.0. The van der Waals surface area contributed by atoms with E-state index in [1.54, 1.807) is 0 Å².